The van der Waals surface area contributed by atoms with Gasteiger partial charge in [0.1, 0.15) is 6.67 Å². The first-order valence-electron chi connectivity index (χ1n) is 6.93. The maximum Gasteiger partial charge on any atom is 0.416 e. The van der Waals surface area contributed by atoms with Crippen molar-refractivity contribution in [2.24, 2.45) is 0 Å². The molecule has 10 heteroatoms. The second-order valence-electron chi connectivity index (χ2n) is 5.25. The zero-order valence-corrected chi connectivity index (χ0v) is 13.2. The maximum atomic E-state index is 13.4. The Morgan fingerprint density at radius 1 is 1.00 bits per heavy atom. The molecular weight excluding hydrogens is 365 g/mol. The first-order chi connectivity index (χ1) is 10.6. The predicted octanol–water partition coefficient (Wildman–Crippen LogP) is 4.06. The van der Waals surface area contributed by atoms with Gasteiger partial charge in [-0.2, -0.15) is 26.3 Å². The molecule has 0 radical (unpaired) electrons. The van der Waals surface area contributed by atoms with Gasteiger partial charge in [-0.25, -0.2) is 4.39 Å². The van der Waals surface area contributed by atoms with Gasteiger partial charge in [0.25, 0.3) is 0 Å². The van der Waals surface area contributed by atoms with Crippen molar-refractivity contribution in [1.29, 1.82) is 0 Å². The summed E-state index contributed by atoms with van der Waals surface area (Å²) in [6.45, 7) is 0.224. The monoisotopic (exact) mass is 380 g/mol. The largest absolute Gasteiger partial charge is 0.416 e. The van der Waals surface area contributed by atoms with E-state index in [-0.39, 0.29) is 25.5 Å². The molecule has 0 spiro atoms. The van der Waals surface area contributed by atoms with Crippen LogP contribution < -0.4 is 5.32 Å². The van der Waals surface area contributed by atoms with Gasteiger partial charge >= 0.3 is 12.4 Å². The molecule has 1 atom stereocenters. The highest BCUT2D eigenvalue weighted by molar-refractivity contribution is 5.85. The highest BCUT2D eigenvalue weighted by Crippen LogP contribution is 2.40. The highest BCUT2D eigenvalue weighted by atomic mass is 35.5. The van der Waals surface area contributed by atoms with Gasteiger partial charge in [0.05, 0.1) is 17.2 Å². The van der Waals surface area contributed by atoms with E-state index >= 15 is 0 Å². The smallest absolute Gasteiger partial charge is 0.314 e. The lowest BCUT2D eigenvalue weighted by Crippen LogP contribution is -2.46. The summed E-state index contributed by atoms with van der Waals surface area (Å²) in [5.74, 6) is 0. The Morgan fingerprint density at radius 2 is 1.58 bits per heavy atom. The van der Waals surface area contributed by atoms with Crippen LogP contribution in [0.4, 0.5) is 30.7 Å². The molecule has 24 heavy (non-hydrogen) atoms. The molecule has 0 amide bonds. The minimum atomic E-state index is -4.85. The van der Waals surface area contributed by atoms with Crippen LogP contribution in [-0.4, -0.2) is 37.8 Å². The van der Waals surface area contributed by atoms with Crippen LogP contribution in [0.25, 0.3) is 0 Å². The number of piperazine rings is 1. The van der Waals surface area contributed by atoms with E-state index in [4.69, 9.17) is 0 Å². The van der Waals surface area contributed by atoms with Gasteiger partial charge < -0.3 is 5.32 Å². The van der Waals surface area contributed by atoms with Crippen molar-refractivity contribution in [3.05, 3.63) is 34.9 Å². The molecule has 1 aliphatic heterocycles. The number of nitrogens with one attached hydrogen (secondary N) is 1. The van der Waals surface area contributed by atoms with Gasteiger partial charge in [-0.15, -0.1) is 12.4 Å². The summed E-state index contributed by atoms with van der Waals surface area (Å²) in [6, 6.07) is -0.187. The summed E-state index contributed by atoms with van der Waals surface area (Å²) in [6.07, 6.45) is -9.63. The molecule has 1 fully saturated rings. The summed E-state index contributed by atoms with van der Waals surface area (Å²) in [5, 5.41) is 2.96. The molecule has 1 aromatic carbocycles. The fourth-order valence-electron chi connectivity index (χ4n) is 2.64. The SMILES string of the molecule is Cl.FC[C@H](c1cc(C(F)(F)F)ccc1C(F)(F)F)N1CCNCC1. The van der Waals surface area contributed by atoms with E-state index in [1.54, 1.807) is 0 Å². The second-order valence-corrected chi connectivity index (χ2v) is 5.25. The van der Waals surface area contributed by atoms with Crippen molar-refractivity contribution in [3.63, 3.8) is 0 Å². The molecule has 2 nitrogen and oxygen atoms in total. The van der Waals surface area contributed by atoms with Gasteiger partial charge in [0.15, 0.2) is 0 Å². The number of halogens is 8. The molecule has 0 saturated carbocycles. The third-order valence-electron chi connectivity index (χ3n) is 3.78. The predicted molar refractivity (Wildman–Crippen MR) is 76.9 cm³/mol. The number of nitrogens with zero attached hydrogens (tertiary/aromatic N) is 1. The Balaban J connectivity index is 0.00000288. The summed E-state index contributed by atoms with van der Waals surface area (Å²) >= 11 is 0. The van der Waals surface area contributed by atoms with Gasteiger partial charge in [-0.3, -0.25) is 4.90 Å². The van der Waals surface area contributed by atoms with Gasteiger partial charge in [-0.1, -0.05) is 0 Å². The number of alkyl halides is 7. The molecule has 1 saturated heterocycles. The zero-order chi connectivity index (χ0) is 17.3. The Morgan fingerprint density at radius 3 is 2.04 bits per heavy atom. The second kappa shape index (κ2) is 7.88. The maximum absolute atomic E-state index is 13.4. The van der Waals surface area contributed by atoms with E-state index in [1.807, 2.05) is 0 Å². The van der Waals surface area contributed by atoms with E-state index in [2.05, 4.69) is 5.32 Å². The Bertz CT molecular complexity index is 539. The van der Waals surface area contributed by atoms with Crippen molar-refractivity contribution >= 4 is 12.4 Å². The minimum absolute atomic E-state index is 0. The van der Waals surface area contributed by atoms with Crippen molar-refractivity contribution in [1.82, 2.24) is 10.2 Å². The molecule has 1 heterocycles. The van der Waals surface area contributed by atoms with E-state index in [0.29, 0.717) is 31.3 Å². The van der Waals surface area contributed by atoms with E-state index in [0.717, 1.165) is 0 Å². The van der Waals surface area contributed by atoms with Crippen LogP contribution in [0.3, 0.4) is 0 Å². The first-order valence-corrected chi connectivity index (χ1v) is 6.93. The van der Waals surface area contributed by atoms with Crippen molar-refractivity contribution in [2.45, 2.75) is 18.4 Å². The van der Waals surface area contributed by atoms with Gasteiger partial charge in [0, 0.05) is 26.2 Å². The molecule has 0 aliphatic carbocycles. The summed E-state index contributed by atoms with van der Waals surface area (Å²) in [4.78, 5) is 1.43. The van der Waals surface area contributed by atoms with Crippen LogP contribution in [0.2, 0.25) is 0 Å². The molecule has 138 valence electrons. The average molecular weight is 381 g/mol. The molecular formula is C14H16ClF7N2. The lowest BCUT2D eigenvalue weighted by atomic mass is 9.96. The van der Waals surface area contributed by atoms with Crippen molar-refractivity contribution in [2.75, 3.05) is 32.9 Å². The van der Waals surface area contributed by atoms with Crippen LogP contribution in [-0.2, 0) is 12.4 Å². The van der Waals surface area contributed by atoms with Gasteiger partial charge in [0.2, 0.25) is 0 Å². The van der Waals surface area contributed by atoms with E-state index in [9.17, 15) is 30.7 Å². The fraction of sp³-hybridized carbons (Fsp3) is 0.571. The molecule has 1 aliphatic rings. The van der Waals surface area contributed by atoms with E-state index < -0.39 is 41.8 Å². The molecule has 0 aromatic heterocycles. The van der Waals surface area contributed by atoms with Crippen LogP contribution in [0.1, 0.15) is 22.7 Å². The number of benzene rings is 1. The molecule has 0 unspecified atom stereocenters. The zero-order valence-electron chi connectivity index (χ0n) is 12.3. The molecule has 1 aromatic rings. The summed E-state index contributed by atoms with van der Waals surface area (Å²) in [7, 11) is 0. The number of hydrogen-bond donors (Lipinski definition) is 1. The number of rotatable bonds is 3. The highest BCUT2D eigenvalue weighted by Gasteiger charge is 2.39. The van der Waals surface area contributed by atoms with Crippen LogP contribution in [0, 0.1) is 0 Å². The van der Waals surface area contributed by atoms with Crippen LogP contribution in [0.5, 0.6) is 0 Å². The quantitative estimate of drug-likeness (QED) is 0.796. The lowest BCUT2D eigenvalue weighted by Gasteiger charge is -2.35. The minimum Gasteiger partial charge on any atom is -0.314 e. The topological polar surface area (TPSA) is 15.3 Å². The fourth-order valence-corrected chi connectivity index (χ4v) is 2.64. The van der Waals surface area contributed by atoms with Crippen molar-refractivity contribution in [3.8, 4) is 0 Å². The summed E-state index contributed by atoms with van der Waals surface area (Å²) in [5.41, 5.74) is -3.11. The molecule has 2 rings (SSSR count). The third kappa shape index (κ3) is 4.73. The lowest BCUT2D eigenvalue weighted by molar-refractivity contribution is -0.142. The average Bonchev–Trinajstić information content (AvgIpc) is 2.47. The van der Waals surface area contributed by atoms with E-state index in [1.165, 1.54) is 4.90 Å². The normalized spacial score (nSPS) is 18.1. The first kappa shape index (κ1) is 21.0. The molecule has 1 N–H and O–H groups in total. The Hall–Kier alpha value is -1.06. The standard InChI is InChI=1S/C14H15F7N2.ClH/c15-8-12(23-5-3-22-4-6-23)10-7-9(13(16,17)18)1-2-11(10)14(19,20)21;/h1-2,7,12,22H,3-6,8H2;1H/t12-;/m1./s1. The summed E-state index contributed by atoms with van der Waals surface area (Å²) < 4.78 is 91.2. The molecule has 0 bridgehead atoms. The van der Waals surface area contributed by atoms with Crippen LogP contribution in [0.15, 0.2) is 18.2 Å². The third-order valence-corrected chi connectivity index (χ3v) is 3.78. The van der Waals surface area contributed by atoms with Gasteiger partial charge in [-0.05, 0) is 23.8 Å². The Kier molecular flexibility index (Phi) is 6.89. The van der Waals surface area contributed by atoms with Crippen molar-refractivity contribution < 1.29 is 30.7 Å². The number of hydrogen-bond acceptors (Lipinski definition) is 2. The Labute approximate surface area is 140 Å². The van der Waals surface area contributed by atoms with Crippen LogP contribution >= 0.6 is 12.4 Å².